The molecule has 2 rings (SSSR count). The van der Waals surface area contributed by atoms with Gasteiger partial charge < -0.3 is 15.4 Å². The average Bonchev–Trinajstić information content (AvgIpc) is 3.00. The molecule has 0 saturated carbocycles. The van der Waals surface area contributed by atoms with E-state index < -0.39 is 0 Å². The predicted octanol–water partition coefficient (Wildman–Crippen LogP) is 2.06. The largest absolute Gasteiger partial charge is 0.496 e. The Labute approximate surface area is 128 Å². The summed E-state index contributed by atoms with van der Waals surface area (Å²) in [4.78, 5) is 16.6. The third-order valence-corrected chi connectivity index (χ3v) is 3.81. The van der Waals surface area contributed by atoms with Gasteiger partial charge in [0.05, 0.1) is 12.0 Å². The van der Waals surface area contributed by atoms with E-state index in [0.717, 1.165) is 30.8 Å². The van der Waals surface area contributed by atoms with Crippen LogP contribution in [0.15, 0.2) is 36.0 Å². The van der Waals surface area contributed by atoms with Crippen LogP contribution in [0, 0.1) is 0 Å². The maximum absolute atomic E-state index is 11.8. The molecular weight excluding hydrogens is 286 g/mol. The number of nitrogens with one attached hydrogen (secondary N) is 2. The number of hydrogen-bond donors (Lipinski definition) is 2. The topological polar surface area (TPSA) is 63.2 Å². The number of carbonyl (C=O) groups is 1. The fourth-order valence-corrected chi connectivity index (χ4v) is 2.55. The zero-order valence-electron chi connectivity index (χ0n) is 12.0. The van der Waals surface area contributed by atoms with Crippen LogP contribution < -0.4 is 15.4 Å². The van der Waals surface area contributed by atoms with Crippen LogP contribution in [0.25, 0.3) is 0 Å². The van der Waals surface area contributed by atoms with Crippen molar-refractivity contribution in [2.24, 2.45) is 0 Å². The Balaban J connectivity index is 1.58. The van der Waals surface area contributed by atoms with Crippen molar-refractivity contribution in [3.05, 3.63) is 46.4 Å². The van der Waals surface area contributed by atoms with E-state index in [1.807, 2.05) is 23.7 Å². The molecule has 0 saturated heterocycles. The first-order valence-electron chi connectivity index (χ1n) is 6.80. The van der Waals surface area contributed by atoms with Gasteiger partial charge in [0.15, 0.2) is 0 Å². The molecular formula is C15H19N3O2S. The number of methoxy groups -OCH3 is 1. The molecule has 0 unspecified atom stereocenters. The van der Waals surface area contributed by atoms with Crippen LogP contribution >= 0.6 is 11.3 Å². The van der Waals surface area contributed by atoms with Crippen molar-refractivity contribution in [3.8, 4) is 5.75 Å². The Kier molecular flexibility index (Phi) is 6.18. The summed E-state index contributed by atoms with van der Waals surface area (Å²) in [6.07, 6.45) is 4.49. The van der Waals surface area contributed by atoms with Gasteiger partial charge in [0.1, 0.15) is 5.75 Å². The molecule has 1 amide bonds. The maximum atomic E-state index is 11.8. The van der Waals surface area contributed by atoms with Gasteiger partial charge >= 0.3 is 0 Å². The Morgan fingerprint density at radius 3 is 3.05 bits per heavy atom. The summed E-state index contributed by atoms with van der Waals surface area (Å²) in [6.45, 7) is 2.30. The van der Waals surface area contributed by atoms with E-state index in [9.17, 15) is 4.79 Å². The molecule has 0 aliphatic rings. The molecule has 0 fully saturated rings. The molecule has 0 bridgehead atoms. The molecule has 2 N–H and O–H groups in total. The van der Waals surface area contributed by atoms with Crippen molar-refractivity contribution in [1.29, 1.82) is 0 Å². The molecule has 6 heteroatoms. The lowest BCUT2D eigenvalue weighted by atomic mass is 10.3. The molecule has 0 radical (unpaired) electrons. The van der Waals surface area contributed by atoms with E-state index >= 15 is 0 Å². The van der Waals surface area contributed by atoms with Crippen LogP contribution in [0.5, 0.6) is 5.75 Å². The highest BCUT2D eigenvalue weighted by Crippen LogP contribution is 2.20. The third-order valence-electron chi connectivity index (χ3n) is 2.90. The van der Waals surface area contributed by atoms with Crippen molar-refractivity contribution < 1.29 is 9.53 Å². The van der Waals surface area contributed by atoms with Crippen molar-refractivity contribution in [1.82, 2.24) is 15.6 Å². The molecule has 0 spiro atoms. The number of amides is 1. The summed E-state index contributed by atoms with van der Waals surface area (Å²) < 4.78 is 5.06. The molecule has 2 aromatic rings. The van der Waals surface area contributed by atoms with E-state index in [1.165, 1.54) is 11.3 Å². The number of ether oxygens (including phenoxy) is 1. The third kappa shape index (κ3) is 5.17. The second-order valence-corrected chi connectivity index (χ2v) is 5.41. The van der Waals surface area contributed by atoms with Gasteiger partial charge in [-0.05, 0) is 24.6 Å². The first-order chi connectivity index (χ1) is 10.3. The van der Waals surface area contributed by atoms with Gasteiger partial charge in [-0.1, -0.05) is 6.07 Å². The van der Waals surface area contributed by atoms with Crippen LogP contribution in [0.1, 0.15) is 21.7 Å². The maximum Gasteiger partial charge on any atom is 0.261 e. The lowest BCUT2D eigenvalue weighted by molar-refractivity contribution is 0.0957. The zero-order chi connectivity index (χ0) is 14.9. The van der Waals surface area contributed by atoms with Crippen molar-refractivity contribution in [3.63, 3.8) is 0 Å². The molecule has 0 aromatic carbocycles. The minimum Gasteiger partial charge on any atom is -0.496 e. The van der Waals surface area contributed by atoms with Crippen LogP contribution in [-0.2, 0) is 6.54 Å². The number of carbonyl (C=O) groups excluding carboxylic acids is 1. The highest BCUT2D eigenvalue weighted by atomic mass is 32.1. The van der Waals surface area contributed by atoms with E-state index in [4.69, 9.17) is 4.74 Å². The smallest absolute Gasteiger partial charge is 0.261 e. The lowest BCUT2D eigenvalue weighted by Gasteiger charge is -2.05. The minimum atomic E-state index is -0.0458. The number of thiophene rings is 1. The first-order valence-corrected chi connectivity index (χ1v) is 7.68. The van der Waals surface area contributed by atoms with Crippen LogP contribution in [0.4, 0.5) is 0 Å². The molecule has 0 aliphatic carbocycles. The Hall–Kier alpha value is -1.92. The van der Waals surface area contributed by atoms with Crippen molar-refractivity contribution in [2.45, 2.75) is 13.0 Å². The molecule has 2 heterocycles. The van der Waals surface area contributed by atoms with E-state index in [0.29, 0.717) is 11.4 Å². The minimum absolute atomic E-state index is 0.0458. The highest BCUT2D eigenvalue weighted by molar-refractivity contribution is 7.12. The highest BCUT2D eigenvalue weighted by Gasteiger charge is 2.08. The van der Waals surface area contributed by atoms with Gasteiger partial charge in [-0.15, -0.1) is 11.3 Å². The summed E-state index contributed by atoms with van der Waals surface area (Å²) in [5.74, 6) is 0.679. The van der Waals surface area contributed by atoms with E-state index in [2.05, 4.69) is 15.6 Å². The fraction of sp³-hybridized carbons (Fsp3) is 0.333. The molecule has 5 nitrogen and oxygen atoms in total. The summed E-state index contributed by atoms with van der Waals surface area (Å²) in [5, 5.41) is 8.04. The van der Waals surface area contributed by atoms with E-state index in [-0.39, 0.29) is 5.91 Å². The number of nitrogens with zero attached hydrogens (tertiary/aromatic N) is 1. The second kappa shape index (κ2) is 8.39. The quantitative estimate of drug-likeness (QED) is 0.733. The Morgan fingerprint density at radius 1 is 1.43 bits per heavy atom. The summed E-state index contributed by atoms with van der Waals surface area (Å²) in [6, 6.07) is 5.71. The lowest BCUT2D eigenvalue weighted by Crippen LogP contribution is -2.26. The number of rotatable bonds is 8. The zero-order valence-corrected chi connectivity index (χ0v) is 12.8. The van der Waals surface area contributed by atoms with Crippen molar-refractivity contribution in [2.75, 3.05) is 20.2 Å². The standard InChI is InChI=1S/C15H19N3O2S/c1-20-13-8-14(21-11-13)15(19)18-7-3-6-17-10-12-4-2-5-16-9-12/h2,4-5,8-9,11,17H,3,6-7,10H2,1H3,(H,18,19). The molecule has 0 aliphatic heterocycles. The van der Waals surface area contributed by atoms with Crippen LogP contribution in [-0.4, -0.2) is 31.1 Å². The fourth-order valence-electron chi connectivity index (χ4n) is 1.78. The number of aromatic nitrogens is 1. The first kappa shape index (κ1) is 15.5. The summed E-state index contributed by atoms with van der Waals surface area (Å²) >= 11 is 1.39. The molecule has 0 atom stereocenters. The molecule has 2 aromatic heterocycles. The second-order valence-electron chi connectivity index (χ2n) is 4.50. The van der Waals surface area contributed by atoms with Crippen LogP contribution in [0.2, 0.25) is 0 Å². The van der Waals surface area contributed by atoms with Crippen molar-refractivity contribution >= 4 is 17.2 Å². The summed E-state index contributed by atoms with van der Waals surface area (Å²) in [5.41, 5.74) is 1.16. The monoisotopic (exact) mass is 305 g/mol. The van der Waals surface area contributed by atoms with Gasteiger partial charge in [0.2, 0.25) is 0 Å². The van der Waals surface area contributed by atoms with Crippen LogP contribution in [0.3, 0.4) is 0 Å². The SMILES string of the molecule is COc1csc(C(=O)NCCCNCc2cccnc2)c1. The Morgan fingerprint density at radius 2 is 2.33 bits per heavy atom. The van der Waals surface area contributed by atoms with Gasteiger partial charge in [0.25, 0.3) is 5.91 Å². The average molecular weight is 305 g/mol. The molecule has 21 heavy (non-hydrogen) atoms. The number of pyridine rings is 1. The van der Waals surface area contributed by atoms with Gasteiger partial charge in [0, 0.05) is 36.9 Å². The molecule has 112 valence electrons. The van der Waals surface area contributed by atoms with Gasteiger partial charge in [-0.2, -0.15) is 0 Å². The van der Waals surface area contributed by atoms with Gasteiger partial charge in [-0.25, -0.2) is 0 Å². The van der Waals surface area contributed by atoms with E-state index in [1.54, 1.807) is 19.4 Å². The number of hydrogen-bond acceptors (Lipinski definition) is 5. The van der Waals surface area contributed by atoms with Gasteiger partial charge in [-0.3, -0.25) is 9.78 Å². The summed E-state index contributed by atoms with van der Waals surface area (Å²) in [7, 11) is 1.59. The normalized spacial score (nSPS) is 10.3. The Bertz CT molecular complexity index is 557. The predicted molar refractivity (Wildman–Crippen MR) is 83.8 cm³/mol.